The molecular formula is C23H21ClN3NaO5. The second-order valence-corrected chi connectivity index (χ2v) is 7.69. The first-order valence-electron chi connectivity index (χ1n) is 9.82. The van der Waals surface area contributed by atoms with E-state index in [1.165, 1.54) is 18.1 Å². The van der Waals surface area contributed by atoms with Gasteiger partial charge in [-0.1, -0.05) is 41.9 Å². The van der Waals surface area contributed by atoms with Crippen molar-refractivity contribution >= 4 is 41.0 Å². The number of carbonyl (C=O) groups is 4. The summed E-state index contributed by atoms with van der Waals surface area (Å²) in [5, 5.41) is 13.7. The molecule has 1 unspecified atom stereocenters. The first-order valence-corrected chi connectivity index (χ1v) is 10.2. The zero-order valence-electron chi connectivity index (χ0n) is 18.5. The Labute approximate surface area is 218 Å². The van der Waals surface area contributed by atoms with Crippen LogP contribution >= 0.6 is 11.6 Å². The van der Waals surface area contributed by atoms with E-state index >= 15 is 0 Å². The minimum Gasteiger partial charge on any atom is -0.550 e. The van der Waals surface area contributed by atoms with Crippen molar-refractivity contribution in [1.82, 2.24) is 10.2 Å². The molecule has 0 saturated heterocycles. The second kappa shape index (κ2) is 11.5. The first kappa shape index (κ1) is 26.6. The molecule has 0 aromatic heterocycles. The third-order valence-electron chi connectivity index (χ3n) is 5.00. The van der Waals surface area contributed by atoms with Crippen molar-refractivity contribution in [2.45, 2.75) is 19.4 Å². The number of rotatable bonds is 6. The zero-order chi connectivity index (χ0) is 23.4. The number of ketones is 1. The van der Waals surface area contributed by atoms with E-state index in [-0.39, 0.29) is 41.8 Å². The molecule has 1 atom stereocenters. The fourth-order valence-electron chi connectivity index (χ4n) is 3.42. The number of amides is 3. The van der Waals surface area contributed by atoms with Crippen LogP contribution in [0.2, 0.25) is 5.02 Å². The molecule has 0 bridgehead atoms. The van der Waals surface area contributed by atoms with Gasteiger partial charge in [0.15, 0.2) is 11.8 Å². The Bertz CT molecular complexity index is 1120. The molecule has 1 aliphatic heterocycles. The van der Waals surface area contributed by atoms with Crippen molar-refractivity contribution in [2.75, 3.05) is 18.5 Å². The van der Waals surface area contributed by atoms with Crippen molar-refractivity contribution in [3.05, 3.63) is 65.3 Å². The molecule has 3 amide bonds. The third-order valence-corrected chi connectivity index (χ3v) is 5.33. The third kappa shape index (κ3) is 6.03. The number of aliphatic carboxylic acids is 1. The van der Waals surface area contributed by atoms with Crippen LogP contribution in [0.25, 0.3) is 11.1 Å². The molecule has 0 aliphatic carbocycles. The Morgan fingerprint density at radius 1 is 1.15 bits per heavy atom. The van der Waals surface area contributed by atoms with Crippen molar-refractivity contribution in [3.63, 3.8) is 0 Å². The molecule has 1 N–H and O–H groups in total. The van der Waals surface area contributed by atoms with E-state index in [1.807, 2.05) is 12.1 Å². The van der Waals surface area contributed by atoms with Gasteiger partial charge in [-0.15, -0.1) is 0 Å². The minimum absolute atomic E-state index is 0. The summed E-state index contributed by atoms with van der Waals surface area (Å²) in [7, 11) is 1.50. The zero-order valence-corrected chi connectivity index (χ0v) is 21.3. The average molecular weight is 478 g/mol. The van der Waals surface area contributed by atoms with Gasteiger partial charge in [-0.05, 0) is 30.7 Å². The molecule has 0 saturated carbocycles. The molecule has 0 radical (unpaired) electrons. The quantitative estimate of drug-likeness (QED) is 0.423. The molecule has 2 aromatic rings. The van der Waals surface area contributed by atoms with Crippen LogP contribution in [0.5, 0.6) is 0 Å². The van der Waals surface area contributed by atoms with Gasteiger partial charge in [0.2, 0.25) is 0 Å². The maximum atomic E-state index is 13.1. The van der Waals surface area contributed by atoms with Gasteiger partial charge in [0.25, 0.3) is 5.91 Å². The predicted molar refractivity (Wildman–Crippen MR) is 118 cm³/mol. The number of carboxylic acid groups (broad SMARTS) is 1. The number of halogens is 1. The summed E-state index contributed by atoms with van der Waals surface area (Å²) in [6.07, 6.45) is 0.998. The van der Waals surface area contributed by atoms with Crippen LogP contribution in [0.3, 0.4) is 0 Å². The average Bonchev–Trinajstić information content (AvgIpc) is 2.75. The number of anilines is 1. The van der Waals surface area contributed by atoms with E-state index in [1.54, 1.807) is 43.3 Å². The summed E-state index contributed by atoms with van der Waals surface area (Å²) < 4.78 is 0. The normalized spacial score (nSPS) is 15.4. The molecule has 3 rings (SSSR count). The van der Waals surface area contributed by atoms with Crippen molar-refractivity contribution < 1.29 is 53.8 Å². The number of benzene rings is 2. The van der Waals surface area contributed by atoms with Gasteiger partial charge in [0.05, 0.1) is 0 Å². The summed E-state index contributed by atoms with van der Waals surface area (Å²) in [6.45, 7) is 1.34. The van der Waals surface area contributed by atoms with Gasteiger partial charge in [-0.2, -0.15) is 0 Å². The van der Waals surface area contributed by atoms with Gasteiger partial charge in [-0.25, -0.2) is 4.79 Å². The summed E-state index contributed by atoms with van der Waals surface area (Å²) in [5.74, 6) is -2.44. The summed E-state index contributed by atoms with van der Waals surface area (Å²) >= 11 is 6.31. The first-order chi connectivity index (χ1) is 15.2. The van der Waals surface area contributed by atoms with E-state index in [2.05, 4.69) is 5.32 Å². The number of carboxylic acids is 1. The smallest absolute Gasteiger partial charge is 0.550 e. The van der Waals surface area contributed by atoms with Crippen molar-refractivity contribution in [2.24, 2.45) is 0 Å². The molecular weight excluding hydrogens is 457 g/mol. The minimum atomic E-state index is -1.44. The summed E-state index contributed by atoms with van der Waals surface area (Å²) in [4.78, 5) is 51.9. The van der Waals surface area contributed by atoms with Crippen LogP contribution in [-0.4, -0.2) is 48.2 Å². The number of likely N-dealkylation sites (N-methyl/N-ethyl adjacent to an activating group) is 1. The van der Waals surface area contributed by atoms with Crippen LogP contribution < -0.4 is 44.9 Å². The van der Waals surface area contributed by atoms with Gasteiger partial charge < -0.3 is 20.1 Å². The standard InChI is InChI=1S/C23H22ClN3O5.Na/c1-14-13-26(2)22(31)20(21(14)30)27(23(32)25-11-10-19(28)29)16-7-5-6-15(12-16)17-8-3-4-9-18(17)24;/h3-9,12-13,20H,10-11H2,1-2H3,(H,25,32)(H,28,29);/q;+1/p-1. The SMILES string of the molecule is CC1=CN(C)C(=O)C(N(C(=O)NCCC(=O)[O-])c2cccc(-c3ccccc3Cl)c2)C1=O.[Na+]. The maximum absolute atomic E-state index is 13.1. The Hall–Kier alpha value is -2.65. The predicted octanol–water partition coefficient (Wildman–Crippen LogP) is -1.02. The Morgan fingerprint density at radius 3 is 2.52 bits per heavy atom. The fraction of sp³-hybridized carbons (Fsp3) is 0.217. The van der Waals surface area contributed by atoms with E-state index < -0.39 is 36.2 Å². The Balaban J connectivity index is 0.00000385. The van der Waals surface area contributed by atoms with Crippen LogP contribution in [-0.2, 0) is 14.4 Å². The molecule has 1 aliphatic rings. The number of urea groups is 1. The van der Waals surface area contributed by atoms with Gasteiger partial charge >= 0.3 is 35.6 Å². The van der Waals surface area contributed by atoms with E-state index in [9.17, 15) is 24.3 Å². The molecule has 2 aromatic carbocycles. The number of hydrogen-bond acceptors (Lipinski definition) is 5. The topological polar surface area (TPSA) is 110 Å². The Morgan fingerprint density at radius 2 is 1.85 bits per heavy atom. The Kier molecular flexibility index (Phi) is 9.25. The van der Waals surface area contributed by atoms with Crippen LogP contribution in [0.1, 0.15) is 13.3 Å². The van der Waals surface area contributed by atoms with Crippen LogP contribution in [0, 0.1) is 0 Å². The van der Waals surface area contributed by atoms with Crippen molar-refractivity contribution in [1.29, 1.82) is 0 Å². The van der Waals surface area contributed by atoms with Crippen LogP contribution in [0.15, 0.2) is 60.3 Å². The molecule has 0 fully saturated rings. The van der Waals surface area contributed by atoms with Crippen LogP contribution in [0.4, 0.5) is 10.5 Å². The monoisotopic (exact) mass is 477 g/mol. The van der Waals surface area contributed by atoms with E-state index in [4.69, 9.17) is 11.6 Å². The number of carbonyl (C=O) groups excluding carboxylic acids is 4. The molecule has 33 heavy (non-hydrogen) atoms. The molecule has 10 heteroatoms. The maximum Gasteiger partial charge on any atom is 1.00 e. The number of nitrogens with one attached hydrogen (secondary N) is 1. The second-order valence-electron chi connectivity index (χ2n) is 7.28. The number of nitrogens with zero attached hydrogens (tertiary/aromatic N) is 2. The van der Waals surface area contributed by atoms with Gasteiger partial charge in [0.1, 0.15) is 0 Å². The van der Waals surface area contributed by atoms with E-state index in [0.29, 0.717) is 21.7 Å². The van der Waals surface area contributed by atoms with E-state index in [0.717, 1.165) is 4.90 Å². The van der Waals surface area contributed by atoms with Gasteiger partial charge in [-0.3, -0.25) is 14.5 Å². The molecule has 1 heterocycles. The van der Waals surface area contributed by atoms with Gasteiger partial charge in [0, 0.05) is 54.0 Å². The summed E-state index contributed by atoms with van der Waals surface area (Å²) in [6, 6.07) is 11.6. The molecule has 166 valence electrons. The number of Topliss-reactive ketones (excluding diaryl/α,β-unsaturated/α-hetero) is 1. The number of hydrogen-bond donors (Lipinski definition) is 1. The summed E-state index contributed by atoms with van der Waals surface area (Å²) in [5.41, 5.74) is 1.98. The molecule has 0 spiro atoms. The molecule has 8 nitrogen and oxygen atoms in total. The van der Waals surface area contributed by atoms with Crippen molar-refractivity contribution in [3.8, 4) is 11.1 Å². The fourth-order valence-corrected chi connectivity index (χ4v) is 3.67. The largest absolute Gasteiger partial charge is 1.00 e.